The Hall–Kier alpha value is -2.25. The third-order valence-electron chi connectivity index (χ3n) is 3.23. The minimum atomic E-state index is -0.284. The van der Waals surface area contributed by atoms with E-state index in [2.05, 4.69) is 10.4 Å². The molecule has 0 saturated heterocycles. The van der Waals surface area contributed by atoms with Crippen LogP contribution in [0.5, 0.6) is 11.5 Å². The lowest BCUT2D eigenvalue weighted by Gasteiger charge is -2.20. The number of nitrogens with two attached hydrogens (primary N) is 1. The molecular weight excluding hydrogens is 320 g/mol. The van der Waals surface area contributed by atoms with Crippen molar-refractivity contribution in [2.45, 2.75) is 19.5 Å². The van der Waals surface area contributed by atoms with E-state index in [0.717, 1.165) is 0 Å². The van der Waals surface area contributed by atoms with E-state index >= 15 is 0 Å². The molecule has 0 spiro atoms. The molecule has 1 amide bonds. The summed E-state index contributed by atoms with van der Waals surface area (Å²) in [6.45, 7) is 3.32. The summed E-state index contributed by atoms with van der Waals surface area (Å²) in [5.74, 6) is 0.737. The predicted molar refractivity (Wildman–Crippen MR) is 86.3 cm³/mol. The van der Waals surface area contributed by atoms with E-state index in [9.17, 15) is 4.79 Å². The van der Waals surface area contributed by atoms with Crippen LogP contribution in [0.4, 0.5) is 5.69 Å². The maximum atomic E-state index is 12.3. The van der Waals surface area contributed by atoms with E-state index in [1.807, 2.05) is 6.92 Å². The van der Waals surface area contributed by atoms with E-state index in [1.54, 1.807) is 23.0 Å². The zero-order valence-electron chi connectivity index (χ0n) is 12.6. The molecule has 0 bridgehead atoms. The summed E-state index contributed by atoms with van der Waals surface area (Å²) in [5, 5.41) is 7.28. The summed E-state index contributed by atoms with van der Waals surface area (Å²) in [4.78, 5) is 12.3. The highest BCUT2D eigenvalue weighted by atomic mass is 35.5. The first kappa shape index (κ1) is 15.6. The van der Waals surface area contributed by atoms with Crippen molar-refractivity contribution in [3.05, 3.63) is 35.1 Å². The standard InChI is InChI=1S/C15H17ClN4O3/c1-9(17)7-20-8-10(6-18-20)15(21)19-11-4-12(16)14-13(5-11)22-2-3-23-14/h4-6,8-9H,2-3,7,17H2,1H3,(H,19,21). The van der Waals surface area contributed by atoms with Crippen LogP contribution in [-0.2, 0) is 6.54 Å². The van der Waals surface area contributed by atoms with Crippen molar-refractivity contribution in [3.63, 3.8) is 0 Å². The molecule has 1 aromatic carbocycles. The van der Waals surface area contributed by atoms with Gasteiger partial charge in [0.05, 0.1) is 23.3 Å². The zero-order chi connectivity index (χ0) is 16.4. The molecule has 1 aliphatic heterocycles. The molecule has 1 unspecified atom stereocenters. The van der Waals surface area contributed by atoms with Gasteiger partial charge in [0.15, 0.2) is 11.5 Å². The lowest BCUT2D eigenvalue weighted by molar-refractivity contribution is 0.102. The molecular formula is C15H17ClN4O3. The van der Waals surface area contributed by atoms with Crippen LogP contribution in [0.3, 0.4) is 0 Å². The molecule has 2 heterocycles. The smallest absolute Gasteiger partial charge is 0.258 e. The molecule has 23 heavy (non-hydrogen) atoms. The number of benzene rings is 1. The second-order valence-corrected chi connectivity index (χ2v) is 5.77. The Morgan fingerprint density at radius 3 is 3.04 bits per heavy atom. The van der Waals surface area contributed by atoms with Crippen molar-refractivity contribution in [1.29, 1.82) is 0 Å². The van der Waals surface area contributed by atoms with Crippen LogP contribution in [0.1, 0.15) is 17.3 Å². The number of fused-ring (bicyclic) bond motifs is 1. The van der Waals surface area contributed by atoms with Gasteiger partial charge in [0.25, 0.3) is 5.91 Å². The van der Waals surface area contributed by atoms with Gasteiger partial charge in [0, 0.05) is 24.0 Å². The van der Waals surface area contributed by atoms with Crippen LogP contribution >= 0.6 is 11.6 Å². The number of rotatable bonds is 4. The lowest BCUT2D eigenvalue weighted by Crippen LogP contribution is -2.22. The fourth-order valence-electron chi connectivity index (χ4n) is 2.26. The SMILES string of the molecule is CC(N)Cn1cc(C(=O)Nc2cc(Cl)c3c(c2)OCCO3)cn1. The van der Waals surface area contributed by atoms with Crippen LogP contribution in [0.25, 0.3) is 0 Å². The van der Waals surface area contributed by atoms with Gasteiger partial charge in [0.2, 0.25) is 0 Å². The van der Waals surface area contributed by atoms with E-state index in [-0.39, 0.29) is 11.9 Å². The number of hydrogen-bond donors (Lipinski definition) is 2. The molecule has 1 aliphatic rings. The second-order valence-electron chi connectivity index (χ2n) is 5.36. The highest BCUT2D eigenvalue weighted by Crippen LogP contribution is 2.39. The van der Waals surface area contributed by atoms with Gasteiger partial charge in [-0.3, -0.25) is 9.48 Å². The number of ether oxygens (including phenoxy) is 2. The first-order valence-electron chi connectivity index (χ1n) is 7.21. The molecule has 1 aromatic heterocycles. The molecule has 3 N–H and O–H groups in total. The summed E-state index contributed by atoms with van der Waals surface area (Å²) < 4.78 is 12.6. The number of aromatic nitrogens is 2. The van der Waals surface area contributed by atoms with E-state index < -0.39 is 0 Å². The number of halogens is 1. The molecule has 0 aliphatic carbocycles. The zero-order valence-corrected chi connectivity index (χ0v) is 13.3. The molecule has 2 aromatic rings. The van der Waals surface area contributed by atoms with Crippen molar-refractivity contribution < 1.29 is 14.3 Å². The highest BCUT2D eigenvalue weighted by molar-refractivity contribution is 6.32. The van der Waals surface area contributed by atoms with Crippen LogP contribution in [0.15, 0.2) is 24.5 Å². The van der Waals surface area contributed by atoms with Crippen molar-refractivity contribution in [2.24, 2.45) is 5.73 Å². The van der Waals surface area contributed by atoms with Gasteiger partial charge in [-0.2, -0.15) is 5.10 Å². The minimum absolute atomic E-state index is 0.0394. The summed E-state index contributed by atoms with van der Waals surface area (Å²) in [5.41, 5.74) is 6.69. The summed E-state index contributed by atoms with van der Waals surface area (Å²) >= 11 is 6.15. The Morgan fingerprint density at radius 2 is 2.26 bits per heavy atom. The maximum absolute atomic E-state index is 12.3. The number of nitrogens with zero attached hydrogens (tertiary/aromatic N) is 2. The Morgan fingerprint density at radius 1 is 1.48 bits per heavy atom. The summed E-state index contributed by atoms with van der Waals surface area (Å²) in [6.07, 6.45) is 3.15. The van der Waals surface area contributed by atoms with Gasteiger partial charge >= 0.3 is 0 Å². The van der Waals surface area contributed by atoms with E-state index in [4.69, 9.17) is 26.8 Å². The molecule has 0 radical (unpaired) electrons. The lowest BCUT2D eigenvalue weighted by atomic mass is 10.2. The van der Waals surface area contributed by atoms with Gasteiger partial charge in [0.1, 0.15) is 13.2 Å². The summed E-state index contributed by atoms with van der Waals surface area (Å²) in [6, 6.07) is 3.27. The van der Waals surface area contributed by atoms with Gasteiger partial charge in [-0.05, 0) is 13.0 Å². The largest absolute Gasteiger partial charge is 0.486 e. The van der Waals surface area contributed by atoms with Crippen molar-refractivity contribution in [3.8, 4) is 11.5 Å². The van der Waals surface area contributed by atoms with Crippen LogP contribution in [0, 0.1) is 0 Å². The topological polar surface area (TPSA) is 91.4 Å². The van der Waals surface area contributed by atoms with Gasteiger partial charge in [-0.1, -0.05) is 11.6 Å². The normalized spacial score (nSPS) is 14.4. The van der Waals surface area contributed by atoms with Gasteiger partial charge in [-0.15, -0.1) is 0 Å². The third-order valence-corrected chi connectivity index (χ3v) is 3.51. The molecule has 7 nitrogen and oxygen atoms in total. The van der Waals surface area contributed by atoms with Crippen LogP contribution in [-0.4, -0.2) is 34.9 Å². The molecule has 1 atom stereocenters. The minimum Gasteiger partial charge on any atom is -0.486 e. The van der Waals surface area contributed by atoms with Crippen molar-refractivity contribution in [1.82, 2.24) is 9.78 Å². The first-order chi connectivity index (χ1) is 11.0. The molecule has 3 rings (SSSR count). The van der Waals surface area contributed by atoms with Crippen molar-refractivity contribution >= 4 is 23.2 Å². The van der Waals surface area contributed by atoms with Gasteiger partial charge in [-0.25, -0.2) is 0 Å². The number of carbonyl (C=O) groups is 1. The maximum Gasteiger partial charge on any atom is 0.258 e. The average molecular weight is 337 g/mol. The first-order valence-corrected chi connectivity index (χ1v) is 7.59. The van der Waals surface area contributed by atoms with Crippen molar-refractivity contribution in [2.75, 3.05) is 18.5 Å². The number of nitrogens with one attached hydrogen (secondary N) is 1. The third kappa shape index (κ3) is 3.57. The quantitative estimate of drug-likeness (QED) is 0.889. The number of amides is 1. The number of anilines is 1. The fourth-order valence-corrected chi connectivity index (χ4v) is 2.53. The summed E-state index contributed by atoms with van der Waals surface area (Å²) in [7, 11) is 0. The highest BCUT2D eigenvalue weighted by Gasteiger charge is 2.18. The van der Waals surface area contributed by atoms with Crippen LogP contribution < -0.4 is 20.5 Å². The number of carbonyl (C=O) groups excluding carboxylic acids is 1. The Kier molecular flexibility index (Phi) is 4.40. The molecule has 0 fully saturated rings. The average Bonchev–Trinajstić information content (AvgIpc) is 2.95. The Balaban J connectivity index is 1.75. The molecule has 0 saturated carbocycles. The second kappa shape index (κ2) is 6.47. The predicted octanol–water partition coefficient (Wildman–Crippen LogP) is 1.91. The van der Waals surface area contributed by atoms with E-state index in [1.165, 1.54) is 6.20 Å². The van der Waals surface area contributed by atoms with Gasteiger partial charge < -0.3 is 20.5 Å². The fraction of sp³-hybridized carbons (Fsp3) is 0.333. The molecule has 122 valence electrons. The number of hydrogen-bond acceptors (Lipinski definition) is 5. The van der Waals surface area contributed by atoms with E-state index in [0.29, 0.717) is 47.5 Å². The monoisotopic (exact) mass is 336 g/mol. The Labute approximate surface area is 138 Å². The molecule has 8 heteroatoms. The van der Waals surface area contributed by atoms with Crippen LogP contribution in [0.2, 0.25) is 5.02 Å². The Bertz CT molecular complexity index is 730.